The van der Waals surface area contributed by atoms with Crippen molar-refractivity contribution < 1.29 is 8.42 Å². The third-order valence-corrected chi connectivity index (χ3v) is 5.32. The minimum atomic E-state index is -2.98. The predicted molar refractivity (Wildman–Crippen MR) is 71.5 cm³/mol. The fraction of sp³-hybridized carbons (Fsp3) is 1.00. The first-order valence-electron chi connectivity index (χ1n) is 6.67. The molecule has 1 rings (SSSR count). The Kier molecular flexibility index (Phi) is 5.89. The van der Waals surface area contributed by atoms with Gasteiger partial charge in [-0.1, -0.05) is 20.8 Å². The molecule has 0 bridgehead atoms. The average Bonchev–Trinajstić information content (AvgIpc) is 2.27. The van der Waals surface area contributed by atoms with Crippen LogP contribution in [0.2, 0.25) is 0 Å². The van der Waals surface area contributed by atoms with Gasteiger partial charge < -0.3 is 5.32 Å². The van der Waals surface area contributed by atoms with Gasteiger partial charge in [0.15, 0.2) is 0 Å². The highest BCUT2D eigenvalue weighted by Gasteiger charge is 2.26. The van der Waals surface area contributed by atoms with E-state index >= 15 is 0 Å². The SMILES string of the molecule is CCCS(=O)(=O)N1CCC(CNC(C)C)CC1. The van der Waals surface area contributed by atoms with Crippen molar-refractivity contribution in [3.8, 4) is 0 Å². The lowest BCUT2D eigenvalue weighted by Gasteiger charge is -2.31. The first kappa shape index (κ1) is 14.9. The van der Waals surface area contributed by atoms with Crippen LogP contribution in [0.25, 0.3) is 0 Å². The van der Waals surface area contributed by atoms with E-state index in [1.165, 1.54) is 0 Å². The summed E-state index contributed by atoms with van der Waals surface area (Å²) in [4.78, 5) is 0. The summed E-state index contributed by atoms with van der Waals surface area (Å²) in [5.74, 6) is 0.924. The molecule has 1 aliphatic rings. The Morgan fingerprint density at radius 2 is 1.88 bits per heavy atom. The molecule has 0 radical (unpaired) electrons. The van der Waals surface area contributed by atoms with Crippen LogP contribution in [0.15, 0.2) is 0 Å². The Bertz CT molecular complexity index is 306. The zero-order chi connectivity index (χ0) is 12.9. The summed E-state index contributed by atoms with van der Waals surface area (Å²) < 4.78 is 25.4. The van der Waals surface area contributed by atoms with Gasteiger partial charge in [0.1, 0.15) is 0 Å². The Morgan fingerprint density at radius 3 is 2.35 bits per heavy atom. The maximum atomic E-state index is 11.9. The summed E-state index contributed by atoms with van der Waals surface area (Å²) in [6, 6.07) is 0.511. The number of nitrogens with one attached hydrogen (secondary N) is 1. The fourth-order valence-electron chi connectivity index (χ4n) is 2.18. The highest BCUT2D eigenvalue weighted by atomic mass is 32.2. The largest absolute Gasteiger partial charge is 0.314 e. The predicted octanol–water partition coefficient (Wildman–Crippen LogP) is 1.44. The average molecular weight is 262 g/mol. The van der Waals surface area contributed by atoms with E-state index in [1.807, 2.05) is 6.92 Å². The minimum Gasteiger partial charge on any atom is -0.314 e. The van der Waals surface area contributed by atoms with Crippen LogP contribution >= 0.6 is 0 Å². The monoisotopic (exact) mass is 262 g/mol. The van der Waals surface area contributed by atoms with E-state index in [0.29, 0.717) is 37.2 Å². The van der Waals surface area contributed by atoms with Gasteiger partial charge in [0.2, 0.25) is 10.0 Å². The van der Waals surface area contributed by atoms with Gasteiger partial charge in [0, 0.05) is 19.1 Å². The van der Waals surface area contributed by atoms with Crippen molar-refractivity contribution in [2.75, 3.05) is 25.4 Å². The highest BCUT2D eigenvalue weighted by molar-refractivity contribution is 7.89. The maximum Gasteiger partial charge on any atom is 0.214 e. The van der Waals surface area contributed by atoms with Crippen LogP contribution < -0.4 is 5.32 Å². The maximum absolute atomic E-state index is 11.9. The molecular formula is C12H26N2O2S. The molecule has 5 heteroatoms. The number of hydrogen-bond donors (Lipinski definition) is 1. The highest BCUT2D eigenvalue weighted by Crippen LogP contribution is 2.19. The van der Waals surface area contributed by atoms with Crippen molar-refractivity contribution >= 4 is 10.0 Å². The van der Waals surface area contributed by atoms with Crippen LogP contribution in [0.3, 0.4) is 0 Å². The van der Waals surface area contributed by atoms with Crippen molar-refractivity contribution in [1.29, 1.82) is 0 Å². The van der Waals surface area contributed by atoms with E-state index in [0.717, 1.165) is 19.4 Å². The van der Waals surface area contributed by atoms with Crippen molar-refractivity contribution in [2.45, 2.75) is 46.1 Å². The van der Waals surface area contributed by atoms with Crippen molar-refractivity contribution in [3.63, 3.8) is 0 Å². The fourth-order valence-corrected chi connectivity index (χ4v) is 3.72. The molecule has 1 N–H and O–H groups in total. The summed E-state index contributed by atoms with van der Waals surface area (Å²) in [6.07, 6.45) is 2.68. The molecule has 0 aromatic heterocycles. The summed E-state index contributed by atoms with van der Waals surface area (Å²) in [5, 5.41) is 3.43. The molecule has 0 atom stereocenters. The molecule has 0 unspecified atom stereocenters. The van der Waals surface area contributed by atoms with Gasteiger partial charge >= 0.3 is 0 Å². The van der Waals surface area contributed by atoms with E-state index in [4.69, 9.17) is 0 Å². The third-order valence-electron chi connectivity index (χ3n) is 3.24. The summed E-state index contributed by atoms with van der Waals surface area (Å²) in [6.45, 7) is 8.61. The van der Waals surface area contributed by atoms with Crippen LogP contribution in [0.4, 0.5) is 0 Å². The molecule has 0 amide bonds. The minimum absolute atomic E-state index is 0.294. The molecule has 0 aromatic carbocycles. The van der Waals surface area contributed by atoms with E-state index in [1.54, 1.807) is 4.31 Å². The molecule has 4 nitrogen and oxygen atoms in total. The van der Waals surface area contributed by atoms with E-state index in [-0.39, 0.29) is 0 Å². The standard InChI is InChI=1S/C12H26N2O2S/c1-4-9-17(15,16)14-7-5-12(6-8-14)10-13-11(2)3/h11-13H,4-10H2,1-3H3. The second-order valence-corrected chi connectivity index (χ2v) is 7.31. The number of nitrogens with zero attached hydrogens (tertiary/aromatic N) is 1. The number of rotatable bonds is 6. The normalized spacial score (nSPS) is 20.0. The van der Waals surface area contributed by atoms with Gasteiger partial charge in [-0.25, -0.2) is 12.7 Å². The van der Waals surface area contributed by atoms with Crippen LogP contribution in [-0.2, 0) is 10.0 Å². The molecule has 0 aliphatic carbocycles. The molecule has 102 valence electrons. The lowest BCUT2D eigenvalue weighted by molar-refractivity contribution is 0.264. The van der Waals surface area contributed by atoms with Gasteiger partial charge in [-0.15, -0.1) is 0 Å². The molecular weight excluding hydrogens is 236 g/mol. The number of hydrogen-bond acceptors (Lipinski definition) is 3. The third kappa shape index (κ3) is 4.94. The summed E-state index contributed by atoms with van der Waals surface area (Å²) in [7, 11) is -2.98. The Balaban J connectivity index is 2.35. The summed E-state index contributed by atoms with van der Waals surface area (Å²) >= 11 is 0. The topological polar surface area (TPSA) is 49.4 Å². The molecule has 1 aliphatic heterocycles. The molecule has 1 fully saturated rings. The zero-order valence-electron chi connectivity index (χ0n) is 11.3. The zero-order valence-corrected chi connectivity index (χ0v) is 12.1. The Morgan fingerprint density at radius 1 is 1.29 bits per heavy atom. The van der Waals surface area contributed by atoms with E-state index < -0.39 is 10.0 Å². The molecule has 0 aromatic rings. The van der Waals surface area contributed by atoms with Gasteiger partial charge in [-0.05, 0) is 31.7 Å². The first-order valence-corrected chi connectivity index (χ1v) is 8.27. The van der Waals surface area contributed by atoms with Gasteiger partial charge in [-0.3, -0.25) is 0 Å². The molecule has 0 saturated carbocycles. The van der Waals surface area contributed by atoms with Crippen molar-refractivity contribution in [3.05, 3.63) is 0 Å². The van der Waals surface area contributed by atoms with Crippen LogP contribution in [0.1, 0.15) is 40.0 Å². The first-order chi connectivity index (χ1) is 7.95. The van der Waals surface area contributed by atoms with Crippen LogP contribution in [-0.4, -0.2) is 44.2 Å². The van der Waals surface area contributed by atoms with Crippen LogP contribution in [0, 0.1) is 5.92 Å². The van der Waals surface area contributed by atoms with E-state index in [2.05, 4.69) is 19.2 Å². The van der Waals surface area contributed by atoms with Gasteiger partial charge in [0.05, 0.1) is 5.75 Å². The number of sulfonamides is 1. The molecule has 1 saturated heterocycles. The van der Waals surface area contributed by atoms with Gasteiger partial charge in [0.25, 0.3) is 0 Å². The molecule has 1 heterocycles. The lowest BCUT2D eigenvalue weighted by Crippen LogP contribution is -2.42. The Labute approximate surface area is 106 Å². The number of piperidine rings is 1. The van der Waals surface area contributed by atoms with E-state index in [9.17, 15) is 8.42 Å². The van der Waals surface area contributed by atoms with Gasteiger partial charge in [-0.2, -0.15) is 0 Å². The van der Waals surface area contributed by atoms with Crippen molar-refractivity contribution in [1.82, 2.24) is 9.62 Å². The summed E-state index contributed by atoms with van der Waals surface area (Å²) in [5.41, 5.74) is 0. The second-order valence-electron chi connectivity index (χ2n) is 5.22. The lowest BCUT2D eigenvalue weighted by atomic mass is 9.98. The molecule has 17 heavy (non-hydrogen) atoms. The second kappa shape index (κ2) is 6.71. The Hall–Kier alpha value is -0.130. The molecule has 0 spiro atoms. The smallest absolute Gasteiger partial charge is 0.214 e. The quantitative estimate of drug-likeness (QED) is 0.788. The van der Waals surface area contributed by atoms with Crippen molar-refractivity contribution in [2.24, 2.45) is 5.92 Å². The van der Waals surface area contributed by atoms with Crippen LogP contribution in [0.5, 0.6) is 0 Å².